The number of amidine groups is 1. The monoisotopic (exact) mass is 416 g/mol. The zero-order chi connectivity index (χ0) is 17.6. The average molecular weight is 417 g/mol. The normalized spacial score (nSPS) is 28.5. The number of alkyl halides is 1. The predicted octanol–water partition coefficient (Wildman–Crippen LogP) is 3.76. The molecule has 2 atom stereocenters. The smallest absolute Gasteiger partial charge is 0.293 e. The number of thioether (sulfide) groups is 1. The molecule has 1 fully saturated rings. The number of nitrogens with zero attached hydrogens (tertiary/aromatic N) is 3. The van der Waals surface area contributed by atoms with E-state index in [-0.39, 0.29) is 16.2 Å². The Kier molecular flexibility index (Phi) is 4.88. The van der Waals surface area contributed by atoms with E-state index in [1.165, 1.54) is 17.3 Å². The van der Waals surface area contributed by atoms with Crippen molar-refractivity contribution in [2.24, 2.45) is 4.99 Å². The van der Waals surface area contributed by atoms with Crippen molar-refractivity contribution in [1.82, 2.24) is 9.62 Å². The van der Waals surface area contributed by atoms with Gasteiger partial charge in [0.25, 0.3) is 0 Å². The Balaban J connectivity index is 1.61. The number of nitrogens with one attached hydrogen (secondary N) is 1. The third kappa shape index (κ3) is 3.25. The third-order valence-corrected chi connectivity index (χ3v) is 7.26. The van der Waals surface area contributed by atoms with Crippen molar-refractivity contribution in [2.75, 3.05) is 37.3 Å². The van der Waals surface area contributed by atoms with Crippen LogP contribution in [0.2, 0.25) is 5.02 Å². The summed E-state index contributed by atoms with van der Waals surface area (Å²) in [5, 5.41) is 4.21. The standard InChI is InChI=1S/C16H18Cl2N4OS2/c1-24-21-5-4-16(8-21)9-22(12-3-2-10(17)6-11(12)16)15(23)20-14-19-7-13(18)25-14/h2-3,6,13H,4-5,7-9H2,1H3,(H,19,20,23). The Morgan fingerprint density at radius 3 is 3.00 bits per heavy atom. The summed E-state index contributed by atoms with van der Waals surface area (Å²) >= 11 is 15.4. The SMILES string of the molecule is CSN1CCC2(C1)CN(C(=O)NC1=NCC(Cl)S1)c1ccc(Cl)cc12. The maximum atomic E-state index is 12.9. The highest BCUT2D eigenvalue weighted by Crippen LogP contribution is 2.48. The summed E-state index contributed by atoms with van der Waals surface area (Å²) in [6, 6.07) is 5.66. The number of rotatable bonds is 1. The van der Waals surface area contributed by atoms with Crippen molar-refractivity contribution in [2.45, 2.75) is 16.5 Å². The van der Waals surface area contributed by atoms with Gasteiger partial charge in [0.2, 0.25) is 0 Å². The number of anilines is 1. The van der Waals surface area contributed by atoms with Crippen molar-refractivity contribution < 1.29 is 4.79 Å². The second kappa shape index (κ2) is 6.85. The first-order valence-electron chi connectivity index (χ1n) is 8.03. The Hall–Kier alpha value is -0.600. The minimum Gasteiger partial charge on any atom is -0.293 e. The lowest BCUT2D eigenvalue weighted by molar-refractivity contribution is 0.250. The van der Waals surface area contributed by atoms with Crippen LogP contribution >= 0.6 is 46.9 Å². The van der Waals surface area contributed by atoms with Gasteiger partial charge in [-0.1, -0.05) is 35.3 Å². The number of carbonyl (C=O) groups excluding carboxylic acids is 1. The molecule has 3 aliphatic heterocycles. The Bertz CT molecular complexity index is 747. The molecule has 134 valence electrons. The number of halogens is 2. The molecule has 0 radical (unpaired) electrons. The van der Waals surface area contributed by atoms with Gasteiger partial charge in [-0.3, -0.25) is 15.2 Å². The molecule has 9 heteroatoms. The van der Waals surface area contributed by atoms with Crippen molar-refractivity contribution in [1.29, 1.82) is 0 Å². The molecule has 3 aliphatic rings. The molecular weight excluding hydrogens is 399 g/mol. The lowest BCUT2D eigenvalue weighted by atomic mass is 9.82. The second-order valence-corrected chi connectivity index (χ2v) is 9.72. The Morgan fingerprint density at radius 2 is 2.32 bits per heavy atom. The molecule has 1 saturated heterocycles. The van der Waals surface area contributed by atoms with Gasteiger partial charge in [-0.2, -0.15) is 0 Å². The lowest BCUT2D eigenvalue weighted by Gasteiger charge is -2.25. The Labute approximate surface area is 165 Å². The van der Waals surface area contributed by atoms with Gasteiger partial charge >= 0.3 is 6.03 Å². The number of urea groups is 1. The van der Waals surface area contributed by atoms with E-state index in [0.29, 0.717) is 23.3 Å². The molecule has 4 rings (SSSR count). The van der Waals surface area contributed by atoms with Crippen molar-refractivity contribution in [3.63, 3.8) is 0 Å². The second-order valence-electron chi connectivity index (χ2n) is 6.43. The third-order valence-electron chi connectivity index (χ3n) is 4.94. The van der Waals surface area contributed by atoms with Crippen LogP contribution < -0.4 is 10.2 Å². The number of hydrogen-bond donors (Lipinski definition) is 1. The molecule has 1 spiro atoms. The van der Waals surface area contributed by atoms with Gasteiger partial charge in [0.1, 0.15) is 4.71 Å². The van der Waals surface area contributed by atoms with Gasteiger partial charge in [-0.15, -0.1) is 11.6 Å². The fourth-order valence-corrected chi connectivity index (χ4v) is 5.57. The minimum absolute atomic E-state index is 0.0553. The number of aliphatic imine (C=N–C) groups is 1. The van der Waals surface area contributed by atoms with Crippen LogP contribution in [0.1, 0.15) is 12.0 Å². The molecule has 0 aliphatic carbocycles. The molecule has 5 nitrogen and oxygen atoms in total. The molecule has 1 N–H and O–H groups in total. The fraction of sp³-hybridized carbons (Fsp3) is 0.500. The van der Waals surface area contributed by atoms with Gasteiger partial charge in [0.05, 0.1) is 6.54 Å². The van der Waals surface area contributed by atoms with Crippen LogP contribution in [0.5, 0.6) is 0 Å². The summed E-state index contributed by atoms with van der Waals surface area (Å²) in [6.45, 7) is 3.12. The maximum absolute atomic E-state index is 12.9. The summed E-state index contributed by atoms with van der Waals surface area (Å²) in [6.07, 6.45) is 3.11. The van der Waals surface area contributed by atoms with Crippen LogP contribution in [0.4, 0.5) is 10.5 Å². The van der Waals surface area contributed by atoms with E-state index in [2.05, 4.69) is 20.9 Å². The molecule has 1 aromatic carbocycles. The molecule has 0 saturated carbocycles. The lowest BCUT2D eigenvalue weighted by Crippen LogP contribution is -2.44. The van der Waals surface area contributed by atoms with E-state index in [9.17, 15) is 4.79 Å². The molecule has 2 unspecified atom stereocenters. The van der Waals surface area contributed by atoms with Crippen molar-refractivity contribution in [3.8, 4) is 0 Å². The molecule has 0 bridgehead atoms. The number of hydrogen-bond acceptors (Lipinski definition) is 5. The first-order chi connectivity index (χ1) is 12.0. The summed E-state index contributed by atoms with van der Waals surface area (Å²) in [5.74, 6) is 0. The van der Waals surface area contributed by atoms with Gasteiger partial charge in [0, 0.05) is 35.8 Å². The summed E-state index contributed by atoms with van der Waals surface area (Å²) in [4.78, 5) is 19.0. The number of carbonyl (C=O) groups is 1. The highest BCUT2D eigenvalue weighted by atomic mass is 35.5. The number of benzene rings is 1. The molecular formula is C16H18Cl2N4OS2. The van der Waals surface area contributed by atoms with Crippen LogP contribution in [-0.2, 0) is 5.41 Å². The van der Waals surface area contributed by atoms with E-state index in [4.69, 9.17) is 23.2 Å². The molecule has 1 aromatic rings. The van der Waals surface area contributed by atoms with Crippen LogP contribution in [-0.4, -0.2) is 52.6 Å². The first-order valence-corrected chi connectivity index (χ1v) is 10.9. The van der Waals surface area contributed by atoms with E-state index in [1.54, 1.807) is 11.9 Å². The van der Waals surface area contributed by atoms with Crippen LogP contribution in [0.15, 0.2) is 23.2 Å². The van der Waals surface area contributed by atoms with Crippen molar-refractivity contribution >= 4 is 63.8 Å². The first kappa shape index (κ1) is 17.8. The molecule has 0 aromatic heterocycles. The zero-order valence-corrected chi connectivity index (χ0v) is 16.8. The average Bonchev–Trinajstić information content (AvgIpc) is 3.27. The van der Waals surface area contributed by atoms with E-state index in [0.717, 1.165) is 25.2 Å². The summed E-state index contributed by atoms with van der Waals surface area (Å²) < 4.78 is 2.25. The predicted molar refractivity (Wildman–Crippen MR) is 108 cm³/mol. The Morgan fingerprint density at radius 1 is 1.48 bits per heavy atom. The fourth-order valence-electron chi connectivity index (χ4n) is 3.74. The minimum atomic E-state index is -0.153. The highest BCUT2D eigenvalue weighted by Gasteiger charge is 2.49. The largest absolute Gasteiger partial charge is 0.327 e. The van der Waals surface area contributed by atoms with Gasteiger partial charge < -0.3 is 0 Å². The van der Waals surface area contributed by atoms with Gasteiger partial charge in [0.15, 0.2) is 5.17 Å². The van der Waals surface area contributed by atoms with E-state index in [1.807, 2.05) is 23.1 Å². The summed E-state index contributed by atoms with van der Waals surface area (Å²) in [5.41, 5.74) is 2.05. The number of amides is 2. The topological polar surface area (TPSA) is 47.9 Å². The van der Waals surface area contributed by atoms with Crippen LogP contribution in [0.25, 0.3) is 0 Å². The van der Waals surface area contributed by atoms with Gasteiger partial charge in [-0.25, -0.2) is 9.10 Å². The summed E-state index contributed by atoms with van der Waals surface area (Å²) in [7, 11) is 0. The maximum Gasteiger partial charge on any atom is 0.327 e. The highest BCUT2D eigenvalue weighted by molar-refractivity contribution is 8.15. The quantitative estimate of drug-likeness (QED) is 0.559. The van der Waals surface area contributed by atoms with Crippen LogP contribution in [0.3, 0.4) is 0 Å². The van der Waals surface area contributed by atoms with E-state index < -0.39 is 0 Å². The molecule has 3 heterocycles. The number of fused-ring (bicyclic) bond motifs is 2. The van der Waals surface area contributed by atoms with Gasteiger partial charge in [-0.05, 0) is 36.4 Å². The van der Waals surface area contributed by atoms with Crippen LogP contribution in [0, 0.1) is 0 Å². The molecule has 25 heavy (non-hydrogen) atoms. The van der Waals surface area contributed by atoms with Crippen molar-refractivity contribution in [3.05, 3.63) is 28.8 Å². The molecule has 2 amide bonds. The van der Waals surface area contributed by atoms with E-state index >= 15 is 0 Å². The zero-order valence-electron chi connectivity index (χ0n) is 13.7.